The summed E-state index contributed by atoms with van der Waals surface area (Å²) in [5, 5.41) is 6.64. The van der Waals surface area contributed by atoms with Crippen LogP contribution in [0.5, 0.6) is 0 Å². The molecule has 7 nitrogen and oxygen atoms in total. The van der Waals surface area contributed by atoms with Gasteiger partial charge in [-0.3, -0.25) is 9.59 Å². The fourth-order valence-corrected chi connectivity index (χ4v) is 2.47. The van der Waals surface area contributed by atoms with Crippen LogP contribution in [0.25, 0.3) is 11.4 Å². The number of halogens is 3. The number of aromatic nitrogens is 2. The first-order valence-corrected chi connectivity index (χ1v) is 8.38. The van der Waals surface area contributed by atoms with E-state index in [9.17, 15) is 18.4 Å². The summed E-state index contributed by atoms with van der Waals surface area (Å²) in [6.45, 7) is 0. The first-order valence-electron chi connectivity index (χ1n) is 8.00. The molecule has 0 radical (unpaired) electrons. The predicted molar refractivity (Wildman–Crippen MR) is 96.6 cm³/mol. The molecule has 0 bridgehead atoms. The second-order valence-electron chi connectivity index (χ2n) is 5.74. The number of rotatable bonds is 6. The second-order valence-corrected chi connectivity index (χ2v) is 6.18. The summed E-state index contributed by atoms with van der Waals surface area (Å²) < 4.78 is 32.3. The van der Waals surface area contributed by atoms with Crippen LogP contribution < -0.4 is 11.1 Å². The highest BCUT2D eigenvalue weighted by molar-refractivity contribution is 6.30. The molecule has 0 atom stereocenters. The van der Waals surface area contributed by atoms with Crippen LogP contribution in [0.4, 0.5) is 14.5 Å². The minimum absolute atomic E-state index is 0.0952. The van der Waals surface area contributed by atoms with Crippen LogP contribution in [0, 0.1) is 11.6 Å². The molecule has 0 saturated carbocycles. The summed E-state index contributed by atoms with van der Waals surface area (Å²) in [7, 11) is 0. The number of hydrogen-bond acceptors (Lipinski definition) is 5. The van der Waals surface area contributed by atoms with Gasteiger partial charge in [0.2, 0.25) is 17.6 Å². The largest absolute Gasteiger partial charge is 0.366 e. The van der Waals surface area contributed by atoms with Gasteiger partial charge in [-0.2, -0.15) is 4.98 Å². The number of primary amides is 1. The van der Waals surface area contributed by atoms with E-state index in [2.05, 4.69) is 15.5 Å². The molecule has 0 aliphatic heterocycles. The average Bonchev–Trinajstić information content (AvgIpc) is 3.11. The molecule has 10 heteroatoms. The lowest BCUT2D eigenvalue weighted by Gasteiger charge is -2.08. The highest BCUT2D eigenvalue weighted by atomic mass is 35.5. The molecule has 0 spiro atoms. The summed E-state index contributed by atoms with van der Waals surface area (Å²) >= 11 is 5.82. The van der Waals surface area contributed by atoms with E-state index in [1.54, 1.807) is 24.3 Å². The Balaban J connectivity index is 1.63. The van der Waals surface area contributed by atoms with Gasteiger partial charge in [-0.15, -0.1) is 0 Å². The summed E-state index contributed by atoms with van der Waals surface area (Å²) in [6, 6.07) is 8.12. The fraction of sp³-hybridized carbons (Fsp3) is 0.111. The van der Waals surface area contributed by atoms with E-state index in [1.807, 2.05) is 0 Å². The van der Waals surface area contributed by atoms with Gasteiger partial charge in [-0.25, -0.2) is 8.78 Å². The third-order valence-corrected chi connectivity index (χ3v) is 3.98. The van der Waals surface area contributed by atoms with Crippen molar-refractivity contribution in [1.82, 2.24) is 10.1 Å². The van der Waals surface area contributed by atoms with Crippen molar-refractivity contribution in [2.75, 3.05) is 5.32 Å². The third kappa shape index (κ3) is 4.49. The van der Waals surface area contributed by atoms with Crippen molar-refractivity contribution in [3.63, 3.8) is 0 Å². The normalized spacial score (nSPS) is 10.7. The Bertz CT molecular complexity index is 1040. The first-order chi connectivity index (χ1) is 13.3. The van der Waals surface area contributed by atoms with Crippen molar-refractivity contribution in [2.24, 2.45) is 5.73 Å². The van der Waals surface area contributed by atoms with Crippen molar-refractivity contribution < 1.29 is 22.9 Å². The van der Waals surface area contributed by atoms with Crippen LogP contribution in [-0.2, 0) is 11.2 Å². The molecule has 0 aliphatic carbocycles. The smallest absolute Gasteiger partial charge is 0.251 e. The number of benzene rings is 2. The number of anilines is 1. The maximum Gasteiger partial charge on any atom is 0.251 e. The SMILES string of the molecule is NC(=O)c1cc(NC(=O)CCc2nc(-c3ccc(Cl)cc3)no2)c(F)cc1F. The summed E-state index contributed by atoms with van der Waals surface area (Å²) in [6.07, 6.45) is -0.0110. The highest BCUT2D eigenvalue weighted by Crippen LogP contribution is 2.21. The minimum Gasteiger partial charge on any atom is -0.366 e. The number of carbonyl (C=O) groups excluding carboxylic acids is 2. The number of nitrogens with one attached hydrogen (secondary N) is 1. The monoisotopic (exact) mass is 406 g/mol. The molecular weight excluding hydrogens is 394 g/mol. The van der Waals surface area contributed by atoms with E-state index in [-0.39, 0.29) is 24.4 Å². The van der Waals surface area contributed by atoms with Gasteiger partial charge in [0.15, 0.2) is 0 Å². The second kappa shape index (κ2) is 8.13. The molecule has 3 aromatic rings. The number of nitrogens with zero attached hydrogens (tertiary/aromatic N) is 2. The minimum atomic E-state index is -1.11. The van der Waals surface area contributed by atoms with Crippen LogP contribution in [0.3, 0.4) is 0 Å². The zero-order valence-electron chi connectivity index (χ0n) is 14.2. The molecule has 144 valence electrons. The fourth-order valence-electron chi connectivity index (χ4n) is 2.34. The van der Waals surface area contributed by atoms with Crippen LogP contribution in [-0.4, -0.2) is 22.0 Å². The average molecular weight is 407 g/mol. The topological polar surface area (TPSA) is 111 Å². The van der Waals surface area contributed by atoms with E-state index in [4.69, 9.17) is 21.9 Å². The van der Waals surface area contributed by atoms with Gasteiger partial charge in [0.05, 0.1) is 11.3 Å². The van der Waals surface area contributed by atoms with Crippen LogP contribution in [0.15, 0.2) is 40.9 Å². The highest BCUT2D eigenvalue weighted by Gasteiger charge is 2.16. The summed E-state index contributed by atoms with van der Waals surface area (Å²) in [5.41, 5.74) is 4.82. The molecule has 3 N–H and O–H groups in total. The Labute approximate surface area is 162 Å². The molecule has 28 heavy (non-hydrogen) atoms. The van der Waals surface area contributed by atoms with Crippen LogP contribution >= 0.6 is 11.6 Å². The Hall–Kier alpha value is -3.33. The quantitative estimate of drug-likeness (QED) is 0.652. The van der Waals surface area contributed by atoms with E-state index < -0.39 is 29.0 Å². The van der Waals surface area contributed by atoms with Crippen molar-refractivity contribution in [1.29, 1.82) is 0 Å². The lowest BCUT2D eigenvalue weighted by Crippen LogP contribution is -2.17. The van der Waals surface area contributed by atoms with E-state index >= 15 is 0 Å². The molecule has 2 aromatic carbocycles. The van der Waals surface area contributed by atoms with E-state index in [0.29, 0.717) is 22.5 Å². The summed E-state index contributed by atoms with van der Waals surface area (Å²) in [4.78, 5) is 27.3. The molecule has 3 rings (SSSR count). The van der Waals surface area contributed by atoms with Gasteiger partial charge in [-0.1, -0.05) is 16.8 Å². The lowest BCUT2D eigenvalue weighted by atomic mass is 10.1. The molecule has 0 saturated heterocycles. The zero-order chi connectivity index (χ0) is 20.3. The molecular formula is C18H13ClF2N4O3. The third-order valence-electron chi connectivity index (χ3n) is 3.73. The van der Waals surface area contributed by atoms with Crippen molar-refractivity contribution in [3.05, 3.63) is 64.5 Å². The molecule has 0 unspecified atom stereocenters. The van der Waals surface area contributed by atoms with E-state index in [1.165, 1.54) is 0 Å². The Kier molecular flexibility index (Phi) is 5.65. The molecule has 1 aromatic heterocycles. The van der Waals surface area contributed by atoms with Gasteiger partial charge in [-0.05, 0) is 30.3 Å². The number of nitrogens with two attached hydrogens (primary N) is 1. The van der Waals surface area contributed by atoms with Crippen molar-refractivity contribution in [3.8, 4) is 11.4 Å². The van der Waals surface area contributed by atoms with Gasteiger partial charge in [0, 0.05) is 29.5 Å². The summed E-state index contributed by atoms with van der Waals surface area (Å²) in [5.74, 6) is -3.26. The maximum atomic E-state index is 13.8. The lowest BCUT2D eigenvalue weighted by molar-refractivity contribution is -0.116. The van der Waals surface area contributed by atoms with Gasteiger partial charge in [0.1, 0.15) is 11.6 Å². The first kappa shape index (κ1) is 19.4. The molecule has 0 fully saturated rings. The maximum absolute atomic E-state index is 13.8. The predicted octanol–water partition coefficient (Wildman–Crippen LogP) is 3.34. The Morgan fingerprint density at radius 2 is 1.86 bits per heavy atom. The standard InChI is InChI=1S/C18H13ClF2N4O3/c19-10-3-1-9(2-4-10)18-24-16(28-25-18)6-5-15(26)23-14-7-11(17(22)27)12(20)8-13(14)21/h1-4,7-8H,5-6H2,(H2,22,27)(H,23,26). The molecule has 2 amide bonds. The van der Waals surface area contributed by atoms with Crippen LogP contribution in [0.1, 0.15) is 22.7 Å². The van der Waals surface area contributed by atoms with Crippen molar-refractivity contribution >= 4 is 29.1 Å². The Morgan fingerprint density at radius 1 is 1.14 bits per heavy atom. The van der Waals surface area contributed by atoms with E-state index in [0.717, 1.165) is 6.07 Å². The van der Waals surface area contributed by atoms with Crippen LogP contribution in [0.2, 0.25) is 5.02 Å². The zero-order valence-corrected chi connectivity index (χ0v) is 15.0. The number of aryl methyl sites for hydroxylation is 1. The number of carbonyl (C=O) groups is 2. The molecule has 1 heterocycles. The molecule has 0 aliphatic rings. The number of hydrogen-bond donors (Lipinski definition) is 2. The Morgan fingerprint density at radius 3 is 2.54 bits per heavy atom. The van der Waals surface area contributed by atoms with Crippen molar-refractivity contribution in [2.45, 2.75) is 12.8 Å². The number of amides is 2. The van der Waals surface area contributed by atoms with Gasteiger partial charge in [0.25, 0.3) is 5.91 Å². The van der Waals surface area contributed by atoms with Gasteiger partial charge < -0.3 is 15.6 Å². The van der Waals surface area contributed by atoms with Gasteiger partial charge >= 0.3 is 0 Å².